The Labute approximate surface area is 107 Å². The first kappa shape index (κ1) is 13.9. The Hall–Kier alpha value is -1.17. The predicted molar refractivity (Wildman–Crippen MR) is 69.1 cm³/mol. The number of hydrogen-bond acceptors (Lipinski definition) is 3. The molecule has 0 aromatic rings. The summed E-state index contributed by atoms with van der Waals surface area (Å²) in [5, 5.41) is 0. The van der Waals surface area contributed by atoms with E-state index in [4.69, 9.17) is 23.7 Å². The molecule has 2 amide bonds. The second kappa shape index (κ2) is 5.95. The van der Waals surface area contributed by atoms with Gasteiger partial charge in [-0.25, -0.2) is 0 Å². The minimum absolute atomic E-state index is 0.0666. The first-order chi connectivity index (χ1) is 7.97. The van der Waals surface area contributed by atoms with Gasteiger partial charge in [0.25, 0.3) is 0 Å². The van der Waals surface area contributed by atoms with Crippen LogP contribution in [0.5, 0.6) is 0 Å². The molecule has 0 aliphatic carbocycles. The molecule has 17 heavy (non-hydrogen) atoms. The average molecular weight is 257 g/mol. The van der Waals surface area contributed by atoms with Gasteiger partial charge in [0, 0.05) is 13.1 Å². The van der Waals surface area contributed by atoms with Crippen molar-refractivity contribution >= 4 is 29.0 Å². The van der Waals surface area contributed by atoms with E-state index in [2.05, 4.69) is 0 Å². The van der Waals surface area contributed by atoms with Gasteiger partial charge in [0.05, 0.1) is 16.8 Å². The van der Waals surface area contributed by atoms with E-state index in [0.717, 1.165) is 6.42 Å². The van der Waals surface area contributed by atoms with Gasteiger partial charge in [-0.1, -0.05) is 25.6 Å². The van der Waals surface area contributed by atoms with Gasteiger partial charge < -0.3 is 16.4 Å². The van der Waals surface area contributed by atoms with Crippen molar-refractivity contribution in [3.8, 4) is 0 Å². The molecule has 0 spiro atoms. The van der Waals surface area contributed by atoms with Crippen LogP contribution in [0, 0.1) is 11.8 Å². The zero-order valence-electron chi connectivity index (χ0n) is 10.0. The Morgan fingerprint density at radius 1 is 1.47 bits per heavy atom. The predicted octanol–water partition coefficient (Wildman–Crippen LogP) is 0.0226. The van der Waals surface area contributed by atoms with Gasteiger partial charge in [-0.2, -0.15) is 0 Å². The molecule has 96 valence electrons. The van der Waals surface area contributed by atoms with E-state index in [1.807, 2.05) is 6.92 Å². The molecule has 2 unspecified atom stereocenters. The minimum Gasteiger partial charge on any atom is -0.393 e. The molecule has 5 nitrogen and oxygen atoms in total. The van der Waals surface area contributed by atoms with Crippen molar-refractivity contribution in [2.24, 2.45) is 23.3 Å². The third kappa shape index (κ3) is 3.39. The maximum absolute atomic E-state index is 12.2. The van der Waals surface area contributed by atoms with E-state index < -0.39 is 5.92 Å². The first-order valence-electron chi connectivity index (χ1n) is 5.84. The number of nitrogens with zero attached hydrogens (tertiary/aromatic N) is 1. The quantitative estimate of drug-likeness (QED) is 0.680. The zero-order chi connectivity index (χ0) is 13.0. The summed E-state index contributed by atoms with van der Waals surface area (Å²) >= 11 is 4.91. The Balaban J connectivity index is 2.63. The molecule has 0 aromatic carbocycles. The smallest absolute Gasteiger partial charge is 0.232 e. The fraction of sp³-hybridized carbons (Fsp3) is 0.727. The van der Waals surface area contributed by atoms with Crippen molar-refractivity contribution in [3.63, 3.8) is 0 Å². The summed E-state index contributed by atoms with van der Waals surface area (Å²) in [7, 11) is 0. The molecule has 1 fully saturated rings. The van der Waals surface area contributed by atoms with Crippen LogP contribution in [-0.2, 0) is 9.59 Å². The van der Waals surface area contributed by atoms with Crippen LogP contribution >= 0.6 is 12.2 Å². The highest BCUT2D eigenvalue weighted by Gasteiger charge is 2.33. The fourth-order valence-corrected chi connectivity index (χ4v) is 2.31. The molecule has 1 heterocycles. The molecule has 4 N–H and O–H groups in total. The number of nitrogens with two attached hydrogens (primary N) is 2. The number of likely N-dealkylation sites (tertiary alicyclic amines) is 1. The summed E-state index contributed by atoms with van der Waals surface area (Å²) < 4.78 is 0. The molecule has 1 saturated heterocycles. The van der Waals surface area contributed by atoms with Gasteiger partial charge in [0.1, 0.15) is 0 Å². The van der Waals surface area contributed by atoms with Gasteiger partial charge in [0.2, 0.25) is 11.8 Å². The van der Waals surface area contributed by atoms with Crippen molar-refractivity contribution in [2.75, 3.05) is 13.1 Å². The van der Waals surface area contributed by atoms with Crippen LogP contribution in [0.4, 0.5) is 0 Å². The molecule has 1 rings (SSSR count). The van der Waals surface area contributed by atoms with Crippen molar-refractivity contribution in [2.45, 2.75) is 26.2 Å². The number of carbonyl (C=O) groups is 2. The summed E-state index contributed by atoms with van der Waals surface area (Å²) in [6.07, 6.45) is 2.14. The molecule has 0 bridgehead atoms. The molecular weight excluding hydrogens is 238 g/mol. The lowest BCUT2D eigenvalue weighted by atomic mass is 10.0. The van der Waals surface area contributed by atoms with Gasteiger partial charge >= 0.3 is 0 Å². The van der Waals surface area contributed by atoms with Crippen LogP contribution in [0.1, 0.15) is 26.2 Å². The largest absolute Gasteiger partial charge is 0.393 e. The molecule has 1 aliphatic rings. The van der Waals surface area contributed by atoms with Crippen molar-refractivity contribution in [1.29, 1.82) is 0 Å². The number of thiocarbonyl (C=S) groups is 1. The topological polar surface area (TPSA) is 89.4 Å². The third-order valence-corrected chi connectivity index (χ3v) is 3.41. The van der Waals surface area contributed by atoms with Crippen molar-refractivity contribution in [1.82, 2.24) is 4.90 Å². The van der Waals surface area contributed by atoms with Gasteiger partial charge in [-0.05, 0) is 12.8 Å². The number of hydrogen-bond donors (Lipinski definition) is 2. The molecular formula is C11H19N3O2S. The highest BCUT2D eigenvalue weighted by Crippen LogP contribution is 2.20. The van der Waals surface area contributed by atoms with Gasteiger partial charge in [-0.3, -0.25) is 9.59 Å². The second-order valence-corrected chi connectivity index (χ2v) is 4.89. The fourth-order valence-electron chi connectivity index (χ4n) is 2.09. The summed E-state index contributed by atoms with van der Waals surface area (Å²) in [6.45, 7) is 2.95. The molecule has 0 aromatic heterocycles. The molecule has 2 atom stereocenters. The number of amides is 2. The average Bonchev–Trinajstić information content (AvgIpc) is 2.73. The standard InChI is InChI=1S/C11H19N3O2S/c1-2-3-8(10(13)17)11(16)14-5-4-7(6-14)9(12)15/h7-8H,2-6H2,1H3,(H2,12,15)(H2,13,17). The lowest BCUT2D eigenvalue weighted by molar-refractivity contribution is -0.132. The van der Waals surface area contributed by atoms with Crippen LogP contribution < -0.4 is 11.5 Å². The first-order valence-corrected chi connectivity index (χ1v) is 6.25. The van der Waals surface area contributed by atoms with Crippen LogP contribution in [0.3, 0.4) is 0 Å². The number of carbonyl (C=O) groups excluding carboxylic acids is 2. The van der Waals surface area contributed by atoms with E-state index in [9.17, 15) is 9.59 Å². The Kier molecular flexibility index (Phi) is 4.86. The maximum Gasteiger partial charge on any atom is 0.232 e. The summed E-state index contributed by atoms with van der Waals surface area (Å²) in [5.41, 5.74) is 10.8. The molecule has 6 heteroatoms. The van der Waals surface area contributed by atoms with Crippen molar-refractivity contribution in [3.05, 3.63) is 0 Å². The highest BCUT2D eigenvalue weighted by atomic mass is 32.1. The number of rotatable bonds is 5. The molecule has 1 aliphatic heterocycles. The maximum atomic E-state index is 12.2. The van der Waals surface area contributed by atoms with E-state index in [1.54, 1.807) is 4.90 Å². The van der Waals surface area contributed by atoms with E-state index in [0.29, 0.717) is 25.9 Å². The summed E-state index contributed by atoms with van der Waals surface area (Å²) in [4.78, 5) is 25.1. The summed E-state index contributed by atoms with van der Waals surface area (Å²) in [6, 6.07) is 0. The van der Waals surface area contributed by atoms with E-state index >= 15 is 0 Å². The SMILES string of the molecule is CCCC(C(=O)N1CCC(C(N)=O)C1)C(N)=S. The third-order valence-electron chi connectivity index (χ3n) is 3.12. The Bertz CT molecular complexity index is 333. The van der Waals surface area contributed by atoms with Crippen LogP contribution in [0.25, 0.3) is 0 Å². The lowest BCUT2D eigenvalue weighted by Gasteiger charge is -2.22. The van der Waals surface area contributed by atoms with Crippen LogP contribution in [0.2, 0.25) is 0 Å². The number of primary amides is 1. The monoisotopic (exact) mass is 257 g/mol. The van der Waals surface area contributed by atoms with Crippen LogP contribution in [0.15, 0.2) is 0 Å². The summed E-state index contributed by atoms with van der Waals surface area (Å²) in [5.74, 6) is -1.04. The lowest BCUT2D eigenvalue weighted by Crippen LogP contribution is -2.40. The normalized spacial score (nSPS) is 21.2. The Morgan fingerprint density at radius 2 is 2.12 bits per heavy atom. The van der Waals surface area contributed by atoms with E-state index in [1.165, 1.54) is 0 Å². The second-order valence-electron chi connectivity index (χ2n) is 4.42. The van der Waals surface area contributed by atoms with Crippen molar-refractivity contribution < 1.29 is 9.59 Å². The van der Waals surface area contributed by atoms with Gasteiger partial charge in [0.15, 0.2) is 0 Å². The molecule has 0 saturated carbocycles. The Morgan fingerprint density at radius 3 is 2.53 bits per heavy atom. The zero-order valence-corrected chi connectivity index (χ0v) is 10.8. The van der Waals surface area contributed by atoms with E-state index in [-0.39, 0.29) is 22.7 Å². The van der Waals surface area contributed by atoms with Crippen LogP contribution in [-0.4, -0.2) is 34.8 Å². The van der Waals surface area contributed by atoms with Gasteiger partial charge in [-0.15, -0.1) is 0 Å². The minimum atomic E-state index is -0.401. The molecule has 0 radical (unpaired) electrons. The highest BCUT2D eigenvalue weighted by molar-refractivity contribution is 7.80.